The van der Waals surface area contributed by atoms with E-state index in [0.29, 0.717) is 24.8 Å². The molecule has 0 atom stereocenters. The number of sulfone groups is 1. The molecule has 0 aliphatic rings. The van der Waals surface area contributed by atoms with Crippen molar-refractivity contribution >= 4 is 54.8 Å². The van der Waals surface area contributed by atoms with Gasteiger partial charge in [-0.1, -0.05) is 30.4 Å². The quantitative estimate of drug-likeness (QED) is 0.442. The van der Waals surface area contributed by atoms with Crippen LogP contribution in [0.5, 0.6) is 5.75 Å². The average Bonchev–Trinajstić information content (AvgIpc) is 3.16. The highest BCUT2D eigenvalue weighted by atomic mass is 35.5. The molecule has 1 aromatic heterocycles. The van der Waals surface area contributed by atoms with Crippen molar-refractivity contribution in [3.63, 3.8) is 0 Å². The molecular weight excluding hydrogens is 470 g/mol. The van der Waals surface area contributed by atoms with Gasteiger partial charge in [-0.15, -0.1) is 12.4 Å². The van der Waals surface area contributed by atoms with Crippen LogP contribution in [-0.2, 0) is 9.84 Å². The zero-order valence-electron chi connectivity index (χ0n) is 18.6. The number of hydrogen-bond donors (Lipinski definition) is 0. The van der Waals surface area contributed by atoms with E-state index >= 15 is 0 Å². The number of carbonyl (C=O) groups is 1. The number of benzene rings is 2. The maximum absolute atomic E-state index is 13.6. The maximum Gasteiger partial charge on any atom is 0.261 e. The fourth-order valence-corrected chi connectivity index (χ4v) is 5.17. The Morgan fingerprint density at radius 1 is 1.09 bits per heavy atom. The Morgan fingerprint density at radius 3 is 2.47 bits per heavy atom. The molecule has 3 aromatic rings. The number of fused-ring (bicyclic) bond motifs is 1. The van der Waals surface area contributed by atoms with E-state index in [0.717, 1.165) is 16.0 Å². The summed E-state index contributed by atoms with van der Waals surface area (Å²) in [5.74, 6) is 0.297. The standard InChI is InChI=1S/C22H27N3O4S2.ClH/c1-5-29-16-11-12-18-19(15-16)30-22(23-18)25(14-13-24(3)4)21(26)17-9-7-8-10-20(17)31(27,28)6-2;/h7-12,15H,5-6,13-14H2,1-4H3;1H. The summed E-state index contributed by atoms with van der Waals surface area (Å²) in [6.45, 7) is 5.04. The van der Waals surface area contributed by atoms with Gasteiger partial charge in [-0.05, 0) is 51.4 Å². The number of halogens is 1. The van der Waals surface area contributed by atoms with Gasteiger partial charge in [-0.2, -0.15) is 0 Å². The van der Waals surface area contributed by atoms with Crippen molar-refractivity contribution in [3.8, 4) is 5.75 Å². The Balaban J connectivity index is 0.00000363. The summed E-state index contributed by atoms with van der Waals surface area (Å²) >= 11 is 1.39. The zero-order valence-corrected chi connectivity index (χ0v) is 21.0. The van der Waals surface area contributed by atoms with Gasteiger partial charge in [-0.3, -0.25) is 9.69 Å². The fraction of sp³-hybridized carbons (Fsp3) is 0.364. The summed E-state index contributed by atoms with van der Waals surface area (Å²) in [7, 11) is 0.294. The third kappa shape index (κ3) is 5.78. The monoisotopic (exact) mass is 497 g/mol. The third-order valence-corrected chi connectivity index (χ3v) is 7.57. The van der Waals surface area contributed by atoms with Crippen LogP contribution in [0.2, 0.25) is 0 Å². The third-order valence-electron chi connectivity index (χ3n) is 4.74. The number of hydrogen-bond acceptors (Lipinski definition) is 7. The van der Waals surface area contributed by atoms with Crippen LogP contribution in [0, 0.1) is 0 Å². The minimum atomic E-state index is -3.55. The Bertz CT molecular complexity index is 1180. The lowest BCUT2D eigenvalue weighted by atomic mass is 10.2. The van der Waals surface area contributed by atoms with Gasteiger partial charge in [0.15, 0.2) is 15.0 Å². The number of thiazole rings is 1. The predicted molar refractivity (Wildman–Crippen MR) is 132 cm³/mol. The van der Waals surface area contributed by atoms with E-state index in [-0.39, 0.29) is 34.5 Å². The molecule has 1 amide bonds. The molecule has 10 heteroatoms. The minimum Gasteiger partial charge on any atom is -0.494 e. The molecule has 0 radical (unpaired) electrons. The first-order valence-corrected chi connectivity index (χ1v) is 12.6. The molecule has 7 nitrogen and oxygen atoms in total. The average molecular weight is 498 g/mol. The number of likely N-dealkylation sites (N-methyl/N-ethyl adjacent to an activating group) is 1. The largest absolute Gasteiger partial charge is 0.494 e. The molecule has 174 valence electrons. The van der Waals surface area contributed by atoms with Gasteiger partial charge in [0.2, 0.25) is 0 Å². The van der Waals surface area contributed by atoms with Crippen LogP contribution >= 0.6 is 23.7 Å². The first-order chi connectivity index (χ1) is 14.8. The van der Waals surface area contributed by atoms with Crippen LogP contribution in [0.1, 0.15) is 24.2 Å². The fourth-order valence-electron chi connectivity index (χ4n) is 3.06. The Labute approximate surface area is 199 Å². The summed E-state index contributed by atoms with van der Waals surface area (Å²) in [5.41, 5.74) is 0.929. The van der Waals surface area contributed by atoms with Gasteiger partial charge in [0.25, 0.3) is 5.91 Å². The topological polar surface area (TPSA) is 79.8 Å². The number of carbonyl (C=O) groups excluding carboxylic acids is 1. The van der Waals surface area contributed by atoms with Crippen molar-refractivity contribution in [3.05, 3.63) is 48.0 Å². The van der Waals surface area contributed by atoms with Crippen molar-refractivity contribution < 1.29 is 17.9 Å². The first kappa shape index (κ1) is 26.1. The van der Waals surface area contributed by atoms with Crippen LogP contribution in [-0.4, -0.2) is 63.8 Å². The highest BCUT2D eigenvalue weighted by Gasteiger charge is 2.27. The number of rotatable bonds is 9. The number of anilines is 1. The van der Waals surface area contributed by atoms with E-state index < -0.39 is 9.84 Å². The van der Waals surface area contributed by atoms with Gasteiger partial charge in [0.05, 0.1) is 33.0 Å². The van der Waals surface area contributed by atoms with Crippen LogP contribution in [0.3, 0.4) is 0 Å². The van der Waals surface area contributed by atoms with Crippen LogP contribution in [0.15, 0.2) is 47.4 Å². The molecule has 0 saturated heterocycles. The Hall–Kier alpha value is -2.20. The molecule has 1 heterocycles. The summed E-state index contributed by atoms with van der Waals surface area (Å²) in [6.07, 6.45) is 0. The van der Waals surface area contributed by atoms with E-state index in [2.05, 4.69) is 4.98 Å². The zero-order chi connectivity index (χ0) is 22.6. The van der Waals surface area contributed by atoms with E-state index in [1.807, 2.05) is 44.1 Å². The van der Waals surface area contributed by atoms with Gasteiger partial charge in [-0.25, -0.2) is 13.4 Å². The number of ether oxygens (including phenoxy) is 1. The summed E-state index contributed by atoms with van der Waals surface area (Å²) < 4.78 is 31.6. The summed E-state index contributed by atoms with van der Waals surface area (Å²) in [4.78, 5) is 21.8. The van der Waals surface area contributed by atoms with Crippen molar-refractivity contribution in [2.24, 2.45) is 0 Å². The van der Waals surface area contributed by atoms with E-state index in [1.165, 1.54) is 17.4 Å². The van der Waals surface area contributed by atoms with Gasteiger partial charge in [0.1, 0.15) is 5.75 Å². The second kappa shape index (κ2) is 11.1. The maximum atomic E-state index is 13.6. The smallest absolute Gasteiger partial charge is 0.261 e. The lowest BCUT2D eigenvalue weighted by Crippen LogP contribution is -2.37. The normalized spacial score (nSPS) is 11.4. The predicted octanol–water partition coefficient (Wildman–Crippen LogP) is 4.12. The van der Waals surface area contributed by atoms with Gasteiger partial charge < -0.3 is 9.64 Å². The molecule has 0 aliphatic heterocycles. The summed E-state index contributed by atoms with van der Waals surface area (Å²) in [6, 6.07) is 12.0. The van der Waals surface area contributed by atoms with E-state index in [1.54, 1.807) is 30.0 Å². The molecule has 32 heavy (non-hydrogen) atoms. The molecule has 2 aromatic carbocycles. The molecule has 0 unspecified atom stereocenters. The number of amides is 1. The van der Waals surface area contributed by atoms with Crippen LogP contribution < -0.4 is 9.64 Å². The second-order valence-corrected chi connectivity index (χ2v) is 10.5. The Morgan fingerprint density at radius 2 is 1.81 bits per heavy atom. The lowest BCUT2D eigenvalue weighted by molar-refractivity contribution is 0.0982. The van der Waals surface area contributed by atoms with Crippen LogP contribution in [0.25, 0.3) is 10.2 Å². The SMILES string of the molecule is CCOc1ccc2nc(N(CCN(C)C)C(=O)c3ccccc3S(=O)(=O)CC)sc2c1.Cl. The summed E-state index contributed by atoms with van der Waals surface area (Å²) in [5, 5.41) is 0.527. The molecule has 3 rings (SSSR count). The van der Waals surface area contributed by atoms with Crippen LogP contribution in [0.4, 0.5) is 5.13 Å². The van der Waals surface area contributed by atoms with Crippen molar-refractivity contribution in [2.45, 2.75) is 18.7 Å². The van der Waals surface area contributed by atoms with Gasteiger partial charge in [0, 0.05) is 13.1 Å². The first-order valence-electron chi connectivity index (χ1n) is 10.1. The van der Waals surface area contributed by atoms with Crippen molar-refractivity contribution in [1.82, 2.24) is 9.88 Å². The van der Waals surface area contributed by atoms with Gasteiger partial charge >= 0.3 is 0 Å². The molecule has 0 saturated carbocycles. The lowest BCUT2D eigenvalue weighted by Gasteiger charge is -2.23. The number of aromatic nitrogens is 1. The second-order valence-electron chi connectivity index (χ2n) is 7.22. The minimum absolute atomic E-state index is 0. The molecule has 0 N–H and O–H groups in total. The number of nitrogens with zero attached hydrogens (tertiary/aromatic N) is 3. The van der Waals surface area contributed by atoms with Crippen molar-refractivity contribution in [2.75, 3.05) is 44.4 Å². The highest BCUT2D eigenvalue weighted by Crippen LogP contribution is 2.33. The molecule has 0 aliphatic carbocycles. The molecule has 0 bridgehead atoms. The van der Waals surface area contributed by atoms with Crippen molar-refractivity contribution in [1.29, 1.82) is 0 Å². The van der Waals surface area contributed by atoms with E-state index in [9.17, 15) is 13.2 Å². The van der Waals surface area contributed by atoms with E-state index in [4.69, 9.17) is 4.74 Å². The molecule has 0 spiro atoms. The molecular formula is C22H28ClN3O4S2. The molecule has 0 fully saturated rings. The highest BCUT2D eigenvalue weighted by molar-refractivity contribution is 7.91. The Kier molecular flexibility index (Phi) is 9.03.